The van der Waals surface area contributed by atoms with E-state index < -0.39 is 0 Å². The molecule has 0 aliphatic heterocycles. The highest BCUT2D eigenvalue weighted by Crippen LogP contribution is 2.23. The average molecular weight is 193 g/mol. The van der Waals surface area contributed by atoms with Gasteiger partial charge in [0.25, 0.3) is 0 Å². The summed E-state index contributed by atoms with van der Waals surface area (Å²) in [4.78, 5) is 0. The third-order valence-corrected chi connectivity index (χ3v) is 2.22. The molecule has 0 saturated heterocycles. The number of rotatable bonds is 4. The fraction of sp³-hybridized carbons (Fsp3) is 0.417. The second-order valence-corrected chi connectivity index (χ2v) is 3.33. The zero-order valence-electron chi connectivity index (χ0n) is 8.79. The molecule has 2 heteroatoms. The summed E-state index contributed by atoms with van der Waals surface area (Å²) in [6.45, 7) is 8.57. The summed E-state index contributed by atoms with van der Waals surface area (Å²) < 4.78 is 5.39. The van der Waals surface area contributed by atoms with Gasteiger partial charge in [0, 0.05) is 12.5 Å². The summed E-state index contributed by atoms with van der Waals surface area (Å²) in [5.74, 6) is 0.769. The zero-order valence-corrected chi connectivity index (χ0v) is 8.79. The minimum atomic E-state index is -0.0737. The van der Waals surface area contributed by atoms with Gasteiger partial charge in [-0.25, -0.2) is 0 Å². The fourth-order valence-electron chi connectivity index (χ4n) is 1.41. The SMILES string of the molecule is [CH2]C(CO)c1cc(OCC)ccc1C. The van der Waals surface area contributed by atoms with Crippen LogP contribution in [0.25, 0.3) is 0 Å². The van der Waals surface area contributed by atoms with Crippen LogP contribution in [0.4, 0.5) is 0 Å². The summed E-state index contributed by atoms with van der Waals surface area (Å²) in [6.07, 6.45) is 0. The number of hydrogen-bond donors (Lipinski definition) is 1. The van der Waals surface area contributed by atoms with E-state index >= 15 is 0 Å². The Morgan fingerprint density at radius 3 is 2.79 bits per heavy atom. The van der Waals surface area contributed by atoms with Crippen LogP contribution in [0.1, 0.15) is 24.0 Å². The molecule has 1 aromatic carbocycles. The fourth-order valence-corrected chi connectivity index (χ4v) is 1.41. The first-order valence-corrected chi connectivity index (χ1v) is 4.86. The van der Waals surface area contributed by atoms with Crippen LogP contribution in [-0.2, 0) is 0 Å². The highest BCUT2D eigenvalue weighted by molar-refractivity contribution is 5.37. The second kappa shape index (κ2) is 5.01. The lowest BCUT2D eigenvalue weighted by Crippen LogP contribution is -2.02. The molecule has 0 spiro atoms. The molecule has 1 radical (unpaired) electrons. The van der Waals surface area contributed by atoms with Crippen LogP contribution in [0, 0.1) is 13.8 Å². The second-order valence-electron chi connectivity index (χ2n) is 3.33. The van der Waals surface area contributed by atoms with Gasteiger partial charge in [0.15, 0.2) is 0 Å². The van der Waals surface area contributed by atoms with Crippen LogP contribution in [0.15, 0.2) is 18.2 Å². The highest BCUT2D eigenvalue weighted by Gasteiger charge is 2.08. The lowest BCUT2D eigenvalue weighted by Gasteiger charge is -2.13. The number of aliphatic hydroxyl groups is 1. The molecular weight excluding hydrogens is 176 g/mol. The molecule has 0 aromatic heterocycles. The third kappa shape index (κ3) is 2.48. The quantitative estimate of drug-likeness (QED) is 0.795. The molecule has 1 N–H and O–H groups in total. The van der Waals surface area contributed by atoms with Crippen LogP contribution in [0.5, 0.6) is 5.75 Å². The third-order valence-electron chi connectivity index (χ3n) is 2.22. The van der Waals surface area contributed by atoms with E-state index in [2.05, 4.69) is 6.92 Å². The summed E-state index contributed by atoms with van der Waals surface area (Å²) >= 11 is 0. The van der Waals surface area contributed by atoms with Gasteiger partial charge in [-0.05, 0) is 44.0 Å². The van der Waals surface area contributed by atoms with E-state index in [-0.39, 0.29) is 12.5 Å². The van der Waals surface area contributed by atoms with E-state index in [1.807, 2.05) is 32.0 Å². The molecular formula is C12H17O2. The molecule has 0 heterocycles. The van der Waals surface area contributed by atoms with Gasteiger partial charge in [-0.15, -0.1) is 0 Å². The first kappa shape index (κ1) is 11.1. The molecule has 0 fully saturated rings. The van der Waals surface area contributed by atoms with Crippen LogP contribution in [-0.4, -0.2) is 18.3 Å². The van der Waals surface area contributed by atoms with Crippen molar-refractivity contribution in [3.63, 3.8) is 0 Å². The van der Waals surface area contributed by atoms with Crippen molar-refractivity contribution in [3.8, 4) is 5.75 Å². The lowest BCUT2D eigenvalue weighted by atomic mass is 9.97. The minimum Gasteiger partial charge on any atom is -0.494 e. The Hall–Kier alpha value is -1.02. The van der Waals surface area contributed by atoms with E-state index in [0.717, 1.165) is 16.9 Å². The largest absolute Gasteiger partial charge is 0.494 e. The number of hydrogen-bond acceptors (Lipinski definition) is 2. The van der Waals surface area contributed by atoms with E-state index in [4.69, 9.17) is 9.84 Å². The van der Waals surface area contributed by atoms with Gasteiger partial charge in [-0.3, -0.25) is 0 Å². The molecule has 0 saturated carbocycles. The summed E-state index contributed by atoms with van der Waals surface area (Å²) in [5.41, 5.74) is 2.20. The predicted molar refractivity (Wildman–Crippen MR) is 57.5 cm³/mol. The monoisotopic (exact) mass is 193 g/mol. The highest BCUT2D eigenvalue weighted by atomic mass is 16.5. The Kier molecular flexibility index (Phi) is 3.96. The van der Waals surface area contributed by atoms with Gasteiger partial charge in [0.1, 0.15) is 5.75 Å². The van der Waals surface area contributed by atoms with Gasteiger partial charge in [0.05, 0.1) is 6.61 Å². The van der Waals surface area contributed by atoms with E-state index in [9.17, 15) is 0 Å². The minimum absolute atomic E-state index is 0.0659. The molecule has 14 heavy (non-hydrogen) atoms. The molecule has 0 amide bonds. The molecule has 1 aromatic rings. The van der Waals surface area contributed by atoms with Crippen molar-refractivity contribution in [1.82, 2.24) is 0 Å². The molecule has 0 aliphatic rings. The standard InChI is InChI=1S/C12H17O2/c1-4-14-11-6-5-9(2)12(7-11)10(3)8-13/h5-7,10,13H,3-4,8H2,1-2H3. The molecule has 0 bridgehead atoms. The van der Waals surface area contributed by atoms with Gasteiger partial charge in [-0.1, -0.05) is 6.07 Å². The van der Waals surface area contributed by atoms with Crippen molar-refractivity contribution in [1.29, 1.82) is 0 Å². The maximum atomic E-state index is 9.03. The Morgan fingerprint density at radius 2 is 2.21 bits per heavy atom. The van der Waals surface area contributed by atoms with Gasteiger partial charge < -0.3 is 9.84 Å². The molecule has 1 atom stereocenters. The summed E-state index contributed by atoms with van der Waals surface area (Å²) in [7, 11) is 0. The number of benzene rings is 1. The summed E-state index contributed by atoms with van der Waals surface area (Å²) in [6, 6.07) is 5.88. The maximum absolute atomic E-state index is 9.03. The van der Waals surface area contributed by atoms with Crippen molar-refractivity contribution in [3.05, 3.63) is 36.2 Å². The molecule has 2 nitrogen and oxygen atoms in total. The van der Waals surface area contributed by atoms with Crippen molar-refractivity contribution in [2.75, 3.05) is 13.2 Å². The molecule has 1 unspecified atom stereocenters. The number of aliphatic hydroxyl groups excluding tert-OH is 1. The van der Waals surface area contributed by atoms with Gasteiger partial charge in [-0.2, -0.15) is 0 Å². The number of aryl methyl sites for hydroxylation is 1. The zero-order chi connectivity index (χ0) is 10.6. The van der Waals surface area contributed by atoms with E-state index in [1.54, 1.807) is 0 Å². The maximum Gasteiger partial charge on any atom is 0.119 e. The topological polar surface area (TPSA) is 29.5 Å². The van der Waals surface area contributed by atoms with Crippen LogP contribution >= 0.6 is 0 Å². The first-order valence-electron chi connectivity index (χ1n) is 4.86. The van der Waals surface area contributed by atoms with Crippen LogP contribution < -0.4 is 4.74 Å². The lowest BCUT2D eigenvalue weighted by molar-refractivity contribution is 0.281. The van der Waals surface area contributed by atoms with Crippen molar-refractivity contribution >= 4 is 0 Å². The van der Waals surface area contributed by atoms with Crippen molar-refractivity contribution in [2.45, 2.75) is 19.8 Å². The molecule has 0 aliphatic carbocycles. The van der Waals surface area contributed by atoms with Gasteiger partial charge in [0.2, 0.25) is 0 Å². The smallest absolute Gasteiger partial charge is 0.119 e. The van der Waals surface area contributed by atoms with Gasteiger partial charge >= 0.3 is 0 Å². The normalized spacial score (nSPS) is 12.6. The molecule has 1 rings (SSSR count). The summed E-state index contributed by atoms with van der Waals surface area (Å²) in [5, 5.41) is 9.03. The molecule has 77 valence electrons. The Bertz CT molecular complexity index is 294. The Labute approximate surface area is 85.5 Å². The van der Waals surface area contributed by atoms with Crippen molar-refractivity contribution < 1.29 is 9.84 Å². The van der Waals surface area contributed by atoms with Crippen molar-refractivity contribution in [2.24, 2.45) is 0 Å². The van der Waals surface area contributed by atoms with Crippen LogP contribution in [0.2, 0.25) is 0 Å². The Morgan fingerprint density at radius 1 is 1.50 bits per heavy atom. The Balaban J connectivity index is 2.95. The first-order chi connectivity index (χ1) is 6.69. The predicted octanol–water partition coefficient (Wildman–Crippen LogP) is 2.30. The average Bonchev–Trinajstić information content (AvgIpc) is 2.20. The number of ether oxygens (including phenoxy) is 1. The van der Waals surface area contributed by atoms with E-state index in [1.165, 1.54) is 0 Å². The van der Waals surface area contributed by atoms with Crippen LogP contribution in [0.3, 0.4) is 0 Å². The van der Waals surface area contributed by atoms with E-state index in [0.29, 0.717) is 6.61 Å².